The molecular formula is C22H31N5O5S. The molecule has 1 aromatic heterocycles. The van der Waals surface area contributed by atoms with Gasteiger partial charge in [-0.05, 0) is 38.4 Å². The van der Waals surface area contributed by atoms with Gasteiger partial charge in [0, 0.05) is 44.1 Å². The fourth-order valence-electron chi connectivity index (χ4n) is 4.32. The number of hydrogen-bond donors (Lipinski definition) is 3. The highest BCUT2D eigenvalue weighted by molar-refractivity contribution is 7.89. The van der Waals surface area contributed by atoms with Gasteiger partial charge in [-0.3, -0.25) is 4.98 Å². The molecular weight excluding hydrogens is 446 g/mol. The number of ether oxygens (including phenoxy) is 2. The van der Waals surface area contributed by atoms with Crippen molar-refractivity contribution in [2.24, 2.45) is 0 Å². The van der Waals surface area contributed by atoms with Gasteiger partial charge in [0.15, 0.2) is 0 Å². The number of benzene rings is 1. The van der Waals surface area contributed by atoms with Gasteiger partial charge in [-0.15, -0.1) is 0 Å². The molecule has 2 aliphatic heterocycles. The Balaban J connectivity index is 1.20. The molecule has 2 aliphatic rings. The second-order valence-corrected chi connectivity index (χ2v) is 10.4. The van der Waals surface area contributed by atoms with E-state index in [0.29, 0.717) is 18.9 Å². The fraction of sp³-hybridized carbons (Fsp3) is 0.545. The zero-order valence-corrected chi connectivity index (χ0v) is 19.5. The normalized spacial score (nSPS) is 21.3. The predicted octanol–water partition coefficient (Wildman–Crippen LogP) is 0.542. The van der Waals surface area contributed by atoms with E-state index >= 15 is 0 Å². The first-order valence-corrected chi connectivity index (χ1v) is 12.6. The Labute approximate surface area is 194 Å². The first-order valence-electron chi connectivity index (χ1n) is 11.1. The van der Waals surface area contributed by atoms with Crippen molar-refractivity contribution in [1.82, 2.24) is 20.0 Å². The van der Waals surface area contributed by atoms with Crippen molar-refractivity contribution >= 4 is 15.8 Å². The fourth-order valence-corrected chi connectivity index (χ4v) is 5.09. The van der Waals surface area contributed by atoms with E-state index in [1.165, 1.54) is 19.2 Å². The average Bonchev–Trinajstić information content (AvgIpc) is 3.25. The third kappa shape index (κ3) is 5.98. The molecule has 2 aromatic rings. The number of nitrogens with one attached hydrogen (secondary N) is 2. The maximum absolute atomic E-state index is 11.9. The second-order valence-electron chi connectivity index (χ2n) is 8.50. The molecule has 2 fully saturated rings. The standard InChI is InChI=1S/C22H31N5O5S/c1-23-33(29,30)20-4-2-3-19(11-20)31-16-18(28)13-26-17-12-22(32-15-17)5-9-27(10-6-22)21-14-24-7-8-25-21/h2-4,7-8,11,14,17-18,23,26,28H,5-6,9-10,12-13,15-16H2,1H3/t17-,18?/m1/s1. The molecule has 2 saturated heterocycles. The van der Waals surface area contributed by atoms with Crippen LogP contribution in [0.25, 0.3) is 0 Å². The van der Waals surface area contributed by atoms with Crippen molar-refractivity contribution < 1.29 is 23.0 Å². The lowest BCUT2D eigenvalue weighted by Gasteiger charge is -2.39. The molecule has 0 aliphatic carbocycles. The third-order valence-electron chi connectivity index (χ3n) is 6.23. The number of aliphatic hydroxyl groups excluding tert-OH is 1. The maximum atomic E-state index is 11.9. The minimum Gasteiger partial charge on any atom is -0.491 e. The molecule has 0 bridgehead atoms. The molecule has 3 heterocycles. The maximum Gasteiger partial charge on any atom is 0.240 e. The van der Waals surface area contributed by atoms with E-state index in [1.807, 2.05) is 0 Å². The van der Waals surface area contributed by atoms with Gasteiger partial charge in [0.2, 0.25) is 10.0 Å². The summed E-state index contributed by atoms with van der Waals surface area (Å²) in [7, 11) is -2.18. The molecule has 2 atom stereocenters. The summed E-state index contributed by atoms with van der Waals surface area (Å²) >= 11 is 0. The number of piperidine rings is 1. The van der Waals surface area contributed by atoms with Gasteiger partial charge < -0.3 is 24.8 Å². The molecule has 1 spiro atoms. The first kappa shape index (κ1) is 23.8. The number of sulfonamides is 1. The minimum atomic E-state index is -3.54. The second kappa shape index (κ2) is 10.3. The first-order chi connectivity index (χ1) is 15.9. The van der Waals surface area contributed by atoms with E-state index in [1.54, 1.807) is 30.7 Å². The van der Waals surface area contributed by atoms with Gasteiger partial charge in [0.1, 0.15) is 24.3 Å². The summed E-state index contributed by atoms with van der Waals surface area (Å²) in [5.41, 5.74) is -0.128. The van der Waals surface area contributed by atoms with Crippen LogP contribution >= 0.6 is 0 Å². The molecule has 4 rings (SSSR count). The summed E-state index contributed by atoms with van der Waals surface area (Å²) in [5, 5.41) is 13.7. The van der Waals surface area contributed by atoms with Crippen molar-refractivity contribution in [1.29, 1.82) is 0 Å². The number of aromatic nitrogens is 2. The number of hydrogen-bond acceptors (Lipinski definition) is 9. The van der Waals surface area contributed by atoms with Crippen LogP contribution in [0, 0.1) is 0 Å². The van der Waals surface area contributed by atoms with E-state index in [4.69, 9.17) is 9.47 Å². The van der Waals surface area contributed by atoms with Crippen LogP contribution in [0.1, 0.15) is 19.3 Å². The van der Waals surface area contributed by atoms with Crippen LogP contribution in [0.4, 0.5) is 5.82 Å². The lowest BCUT2D eigenvalue weighted by Crippen LogP contribution is -2.45. The van der Waals surface area contributed by atoms with Gasteiger partial charge in [-0.2, -0.15) is 0 Å². The summed E-state index contributed by atoms with van der Waals surface area (Å²) in [6.45, 7) is 2.79. The molecule has 33 heavy (non-hydrogen) atoms. The largest absolute Gasteiger partial charge is 0.491 e. The van der Waals surface area contributed by atoms with E-state index < -0.39 is 16.1 Å². The van der Waals surface area contributed by atoms with Gasteiger partial charge in [0.25, 0.3) is 0 Å². The highest BCUT2D eigenvalue weighted by atomic mass is 32.2. The van der Waals surface area contributed by atoms with Crippen LogP contribution in [0.5, 0.6) is 5.75 Å². The molecule has 0 saturated carbocycles. The molecule has 1 unspecified atom stereocenters. The zero-order valence-electron chi connectivity index (χ0n) is 18.7. The highest BCUT2D eigenvalue weighted by Gasteiger charge is 2.42. The van der Waals surface area contributed by atoms with E-state index in [-0.39, 0.29) is 23.1 Å². The summed E-state index contributed by atoms with van der Waals surface area (Å²) < 4.78 is 37.9. The Morgan fingerprint density at radius 2 is 2.15 bits per heavy atom. The van der Waals surface area contributed by atoms with Gasteiger partial charge >= 0.3 is 0 Å². The number of nitrogens with zero attached hydrogens (tertiary/aromatic N) is 3. The average molecular weight is 478 g/mol. The number of anilines is 1. The Hall–Kier alpha value is -2.31. The van der Waals surface area contributed by atoms with Crippen LogP contribution in [0.3, 0.4) is 0 Å². The minimum absolute atomic E-state index is 0.0574. The molecule has 10 nitrogen and oxygen atoms in total. The van der Waals surface area contributed by atoms with Gasteiger partial charge in [-0.25, -0.2) is 18.1 Å². The predicted molar refractivity (Wildman–Crippen MR) is 123 cm³/mol. The van der Waals surface area contributed by atoms with Crippen molar-refractivity contribution in [2.75, 3.05) is 44.8 Å². The lowest BCUT2D eigenvalue weighted by atomic mass is 9.87. The molecule has 180 valence electrons. The Morgan fingerprint density at radius 1 is 1.33 bits per heavy atom. The Kier molecular flexibility index (Phi) is 7.45. The molecule has 0 radical (unpaired) electrons. The van der Waals surface area contributed by atoms with Crippen molar-refractivity contribution in [3.8, 4) is 5.75 Å². The summed E-state index contributed by atoms with van der Waals surface area (Å²) in [6, 6.07) is 6.37. The van der Waals surface area contributed by atoms with E-state index in [0.717, 1.165) is 38.2 Å². The van der Waals surface area contributed by atoms with Gasteiger partial charge in [0.05, 0.1) is 23.3 Å². The lowest BCUT2D eigenvalue weighted by molar-refractivity contribution is -0.0151. The number of rotatable bonds is 9. The van der Waals surface area contributed by atoms with Crippen molar-refractivity contribution in [3.63, 3.8) is 0 Å². The van der Waals surface area contributed by atoms with Crippen LogP contribution in [-0.4, -0.2) is 81.1 Å². The molecule has 3 N–H and O–H groups in total. The van der Waals surface area contributed by atoms with Crippen molar-refractivity contribution in [3.05, 3.63) is 42.9 Å². The van der Waals surface area contributed by atoms with Crippen LogP contribution in [-0.2, 0) is 14.8 Å². The van der Waals surface area contributed by atoms with Crippen LogP contribution in [0.15, 0.2) is 47.8 Å². The molecule has 0 amide bonds. The van der Waals surface area contributed by atoms with E-state index in [2.05, 4.69) is 24.9 Å². The topological polar surface area (TPSA) is 126 Å². The molecule has 11 heteroatoms. The SMILES string of the molecule is CNS(=O)(=O)c1cccc(OCC(O)CN[C@H]2COC3(CCN(c4cnccn4)CC3)C2)c1. The molecule has 1 aromatic carbocycles. The zero-order chi connectivity index (χ0) is 23.3. The van der Waals surface area contributed by atoms with Gasteiger partial charge in [-0.1, -0.05) is 6.07 Å². The van der Waals surface area contributed by atoms with Crippen LogP contribution in [0.2, 0.25) is 0 Å². The number of aliphatic hydroxyl groups is 1. The smallest absolute Gasteiger partial charge is 0.240 e. The summed E-state index contributed by atoms with van der Waals surface area (Å²) in [4.78, 5) is 10.9. The third-order valence-corrected chi connectivity index (χ3v) is 7.64. The van der Waals surface area contributed by atoms with E-state index in [9.17, 15) is 13.5 Å². The quantitative estimate of drug-likeness (QED) is 0.474. The Morgan fingerprint density at radius 3 is 2.88 bits per heavy atom. The summed E-state index contributed by atoms with van der Waals surface area (Å²) in [6.07, 6.45) is 7.21. The monoisotopic (exact) mass is 477 g/mol. The van der Waals surface area contributed by atoms with Crippen molar-refractivity contribution in [2.45, 2.75) is 41.9 Å². The highest BCUT2D eigenvalue weighted by Crippen LogP contribution is 2.36. The summed E-state index contributed by atoms with van der Waals surface area (Å²) in [5.74, 6) is 1.29. The van der Waals surface area contributed by atoms with Crippen LogP contribution < -0.4 is 19.7 Å². The Bertz CT molecular complexity index is 1010.